The van der Waals surface area contributed by atoms with E-state index in [4.69, 9.17) is 29.9 Å². The first-order valence-electron chi connectivity index (χ1n) is 42.5. The summed E-state index contributed by atoms with van der Waals surface area (Å²) in [5.74, 6) is 0. The van der Waals surface area contributed by atoms with Crippen LogP contribution in [0, 0.1) is 0 Å². The topological polar surface area (TPSA) is 172 Å². The predicted octanol–water partition coefficient (Wildman–Crippen LogP) is 22.3. The van der Waals surface area contributed by atoms with E-state index < -0.39 is 0 Å². The molecule has 16 aromatic heterocycles. The van der Waals surface area contributed by atoms with E-state index >= 15 is 0 Å². The predicted molar refractivity (Wildman–Crippen MR) is 489 cm³/mol. The molecule has 0 saturated carbocycles. The monoisotopic (exact) mass is 1580 g/mol. The van der Waals surface area contributed by atoms with Gasteiger partial charge in [0, 0.05) is 158 Å². The molecule has 0 spiro atoms. The van der Waals surface area contributed by atoms with E-state index in [0.29, 0.717) is 0 Å². The smallest absolute Gasteiger partial charge is 0.164 e. The first kappa shape index (κ1) is 66.7. The average molecular weight is 1590 g/mol. The lowest BCUT2D eigenvalue weighted by molar-refractivity contribution is 1.16. The molecule has 8 aromatic carbocycles. The number of imidazole rings is 4. The third kappa shape index (κ3) is 8.98. The van der Waals surface area contributed by atoms with Crippen LogP contribution in [-0.4, -0.2) is 77.4 Å². The Morgan fingerprint density at radius 3 is 0.911 bits per heavy atom. The van der Waals surface area contributed by atoms with Gasteiger partial charge in [0.1, 0.15) is 22.5 Å². The van der Waals surface area contributed by atoms with E-state index in [9.17, 15) is 0 Å². The van der Waals surface area contributed by atoms with Gasteiger partial charge in [0.05, 0.1) is 97.9 Å². The number of benzene rings is 8. The molecule has 124 heavy (non-hydrogen) atoms. The molecule has 32 rings (SSSR count). The van der Waals surface area contributed by atoms with Crippen molar-refractivity contribution in [3.05, 3.63) is 383 Å². The molecule has 0 saturated heterocycles. The van der Waals surface area contributed by atoms with Gasteiger partial charge in [-0.2, -0.15) is 0 Å². The van der Waals surface area contributed by atoms with E-state index in [0.717, 1.165) is 173 Å². The molecule has 16 heteroatoms. The molecule has 576 valence electrons. The molecule has 16 nitrogen and oxygen atoms in total. The molecule has 0 unspecified atom stereocenters. The molecular formula is C108H64N16. The molecule has 0 N–H and O–H groups in total. The Morgan fingerprint density at radius 1 is 0.185 bits per heavy atom. The molecule has 16 heterocycles. The maximum atomic E-state index is 5.18. The summed E-state index contributed by atoms with van der Waals surface area (Å²) in [6, 6.07) is 74.5. The van der Waals surface area contributed by atoms with Gasteiger partial charge in [-0.25, -0.2) is 19.9 Å². The van der Waals surface area contributed by atoms with Crippen molar-refractivity contribution in [1.82, 2.24) is 77.4 Å². The van der Waals surface area contributed by atoms with Crippen molar-refractivity contribution in [1.29, 1.82) is 0 Å². The van der Waals surface area contributed by atoms with Crippen molar-refractivity contribution in [2.75, 3.05) is 0 Å². The van der Waals surface area contributed by atoms with Crippen LogP contribution in [0.3, 0.4) is 0 Å². The van der Waals surface area contributed by atoms with Gasteiger partial charge in [-0.05, 0) is 197 Å². The fraction of sp³-hybridized carbons (Fsp3) is 0.0741. The van der Waals surface area contributed by atoms with Crippen molar-refractivity contribution in [2.45, 2.75) is 51.4 Å². The maximum Gasteiger partial charge on any atom is 0.164 e. The Hall–Kier alpha value is -16.2. The summed E-state index contributed by atoms with van der Waals surface area (Å²) in [5.41, 5.74) is 52.7. The second kappa shape index (κ2) is 24.7. The van der Waals surface area contributed by atoms with Gasteiger partial charge in [0.15, 0.2) is 5.65 Å². The zero-order chi connectivity index (χ0) is 80.4. The summed E-state index contributed by atoms with van der Waals surface area (Å²) < 4.78 is 9.30. The van der Waals surface area contributed by atoms with Gasteiger partial charge in [-0.3, -0.25) is 57.5 Å². The summed E-state index contributed by atoms with van der Waals surface area (Å²) >= 11 is 0. The molecule has 0 amide bonds. The Labute approximate surface area is 706 Å². The third-order valence-corrected chi connectivity index (χ3v) is 27.8. The van der Waals surface area contributed by atoms with Crippen LogP contribution in [0.25, 0.3) is 199 Å². The van der Waals surface area contributed by atoms with E-state index in [2.05, 4.69) is 242 Å². The zero-order valence-corrected chi connectivity index (χ0v) is 66.5. The quantitative estimate of drug-likeness (QED) is 0.132. The van der Waals surface area contributed by atoms with Crippen molar-refractivity contribution < 1.29 is 0 Å². The molecule has 0 radical (unpaired) electrons. The van der Waals surface area contributed by atoms with Crippen LogP contribution in [0.1, 0.15) is 89.5 Å². The van der Waals surface area contributed by atoms with Gasteiger partial charge < -0.3 is 0 Å². The second-order valence-corrected chi connectivity index (χ2v) is 34.1. The summed E-state index contributed by atoms with van der Waals surface area (Å²) in [5, 5.41) is 11.3. The van der Waals surface area contributed by atoms with Gasteiger partial charge >= 0.3 is 0 Å². The number of hydrogen-bond acceptors (Lipinski definition) is 12. The second-order valence-electron chi connectivity index (χ2n) is 34.1. The maximum absolute atomic E-state index is 5.18. The Bertz CT molecular complexity index is 8010. The standard InChI is InChI=1S/4C27H16N4/c1-2-5-18-15(4-1)12-16-7-8-17-13-21-26(24(17)23(16)18)31-22-14-28-11-9-19(22)25-20(27(31)30-21)6-3-10-29-25;1-2-5-18-15(4-1)12-16-7-8-17-13-21-26(24(17)23(16)18)31-22-14-28-11-9-19(22)20-6-3-10-29-25(20)27(31)30-21;1-2-4-18-15(3-1)11-16-5-6-17-12-22-26(25(17)24(16)18)31-23-14-29-9-7-19(23)21-13-28-10-8-20(21)27(31)30-22;1-2-4-18-15(3-1)11-16-5-6-17-12-22-26(25(17)24(16)18)31-23-14-29-10-8-20(23)19-7-9-28-13-21(19)27(31)30-22/h2*1-11,14H,12-13H2;2*1-10,13-14H,11-12H2. The van der Waals surface area contributed by atoms with E-state index in [-0.39, 0.29) is 0 Å². The van der Waals surface area contributed by atoms with E-state index in [1.54, 1.807) is 0 Å². The zero-order valence-electron chi connectivity index (χ0n) is 66.5. The minimum Gasteiger partial charge on any atom is -0.290 e. The molecule has 0 aliphatic heterocycles. The highest BCUT2D eigenvalue weighted by molar-refractivity contribution is 6.17. The SMILES string of the molecule is c1ccc2c(c1)Cc1ccc3c(c1-2)-c1c(nc2c4cccnc4c4ccncc4n12)C3.c1ccc2c(c1)Cc1ccc3c(c1-2)-c1c(nc2c4ccncc4c4ccncc4n12)C3.c1ccc2c(c1)Cc1ccc3c(c1-2)-c1c(nc2c4cnccc4c4ccncc4n12)C3.c1ccc2c(c1)Cc1ccc3c(c1-2)-c1c(nc2c4ncccc4c4ccncc4n12)C3. The molecule has 0 fully saturated rings. The lowest BCUT2D eigenvalue weighted by atomic mass is 9.95. The fourth-order valence-electron chi connectivity index (χ4n) is 22.8. The van der Waals surface area contributed by atoms with Crippen molar-refractivity contribution in [2.24, 2.45) is 0 Å². The van der Waals surface area contributed by atoms with Crippen molar-refractivity contribution in [3.8, 4) is 89.5 Å². The van der Waals surface area contributed by atoms with Crippen LogP contribution in [0.15, 0.2) is 293 Å². The highest BCUT2D eigenvalue weighted by atomic mass is 15.1. The first-order valence-corrected chi connectivity index (χ1v) is 42.5. The van der Waals surface area contributed by atoms with Crippen LogP contribution >= 0.6 is 0 Å². The average Bonchev–Trinajstić information content (AvgIpc) is 1.55. The number of hydrogen-bond donors (Lipinski definition) is 0. The summed E-state index contributed by atoms with van der Waals surface area (Å²) in [7, 11) is 0. The summed E-state index contributed by atoms with van der Waals surface area (Å²) in [4.78, 5) is 56.7. The van der Waals surface area contributed by atoms with Crippen molar-refractivity contribution in [3.63, 3.8) is 0 Å². The number of fused-ring (bicyclic) bond motifs is 56. The minimum atomic E-state index is 0.859. The molecule has 0 atom stereocenters. The molecule has 8 aliphatic carbocycles. The van der Waals surface area contributed by atoms with E-state index in [1.165, 1.54) is 167 Å². The number of rotatable bonds is 0. The minimum absolute atomic E-state index is 0.859. The van der Waals surface area contributed by atoms with Crippen LogP contribution in [-0.2, 0) is 51.4 Å². The first-order chi connectivity index (χ1) is 61.5. The van der Waals surface area contributed by atoms with Crippen LogP contribution in [0.4, 0.5) is 0 Å². The summed E-state index contributed by atoms with van der Waals surface area (Å²) in [6.45, 7) is 0. The van der Waals surface area contributed by atoms with Crippen LogP contribution < -0.4 is 0 Å². The Morgan fingerprint density at radius 2 is 0.484 bits per heavy atom. The highest BCUT2D eigenvalue weighted by Gasteiger charge is 2.39. The Balaban J connectivity index is 0.0000000828. The van der Waals surface area contributed by atoms with Gasteiger partial charge in [0.25, 0.3) is 0 Å². The highest BCUT2D eigenvalue weighted by Crippen LogP contribution is 2.56. The molecule has 0 bridgehead atoms. The van der Waals surface area contributed by atoms with Gasteiger partial charge in [0.2, 0.25) is 0 Å². The fourth-order valence-corrected chi connectivity index (χ4v) is 22.8. The van der Waals surface area contributed by atoms with Crippen LogP contribution in [0.2, 0.25) is 0 Å². The molecular weight excluding hydrogens is 1520 g/mol. The molecule has 8 aliphatic rings. The normalized spacial score (nSPS) is 13.5. The number of pyridine rings is 12. The summed E-state index contributed by atoms with van der Waals surface area (Å²) in [6.07, 6.45) is 34.1. The van der Waals surface area contributed by atoms with Gasteiger partial charge in [-0.15, -0.1) is 0 Å². The van der Waals surface area contributed by atoms with Gasteiger partial charge in [-0.1, -0.05) is 152 Å². The van der Waals surface area contributed by atoms with Crippen LogP contribution in [0.5, 0.6) is 0 Å². The molecule has 24 aromatic rings. The Kier molecular flexibility index (Phi) is 13.3. The third-order valence-electron chi connectivity index (χ3n) is 27.8. The lowest BCUT2D eigenvalue weighted by Crippen LogP contribution is -1.97. The lowest BCUT2D eigenvalue weighted by Gasteiger charge is -2.13. The number of nitrogens with zero attached hydrogens (tertiary/aromatic N) is 16. The largest absolute Gasteiger partial charge is 0.290 e. The number of aromatic nitrogens is 16. The van der Waals surface area contributed by atoms with Crippen molar-refractivity contribution >= 4 is 110 Å². The van der Waals surface area contributed by atoms with E-state index in [1.807, 2.05) is 98.9 Å².